The molecule has 0 radical (unpaired) electrons. The molecule has 1 aliphatic carbocycles. The van der Waals surface area contributed by atoms with E-state index in [1.807, 2.05) is 24.3 Å². The van der Waals surface area contributed by atoms with Crippen molar-refractivity contribution < 1.29 is 19.7 Å². The molecule has 1 fully saturated rings. The molecule has 0 heterocycles. The van der Waals surface area contributed by atoms with Crippen molar-refractivity contribution in [2.24, 2.45) is 0 Å². The Bertz CT molecular complexity index is 645. The molecule has 0 atom stereocenters. The van der Waals surface area contributed by atoms with Crippen LogP contribution >= 0.6 is 0 Å². The van der Waals surface area contributed by atoms with Gasteiger partial charge >= 0.3 is 0 Å². The van der Waals surface area contributed by atoms with Crippen LogP contribution in [0, 0.1) is 0 Å². The van der Waals surface area contributed by atoms with Crippen molar-refractivity contribution in [1.29, 1.82) is 0 Å². The number of hydrogen-bond acceptors (Lipinski definition) is 4. The maximum atomic E-state index is 8.99. The van der Waals surface area contributed by atoms with Gasteiger partial charge in [0, 0.05) is 5.41 Å². The Morgan fingerprint density at radius 2 is 0.966 bits per heavy atom. The lowest BCUT2D eigenvalue weighted by Gasteiger charge is -2.36. The number of ether oxygens (including phenoxy) is 2. The van der Waals surface area contributed by atoms with Gasteiger partial charge in [-0.1, -0.05) is 62.8 Å². The Morgan fingerprint density at radius 1 is 0.586 bits per heavy atom. The Balaban J connectivity index is 1.92. The second-order valence-corrected chi connectivity index (χ2v) is 7.90. The van der Waals surface area contributed by atoms with Crippen molar-refractivity contribution in [1.82, 2.24) is 0 Å². The second-order valence-electron chi connectivity index (χ2n) is 7.90. The van der Waals surface area contributed by atoms with E-state index >= 15 is 0 Å². The summed E-state index contributed by atoms with van der Waals surface area (Å²) in [6.45, 7) is 0.687. The maximum Gasteiger partial charge on any atom is 0.119 e. The summed E-state index contributed by atoms with van der Waals surface area (Å²) in [5.74, 6) is 1.60. The predicted molar refractivity (Wildman–Crippen MR) is 116 cm³/mol. The van der Waals surface area contributed by atoms with Gasteiger partial charge in [0.1, 0.15) is 24.7 Å². The SMILES string of the molecule is OCCOc1ccc(C2(c3ccc(OCCO)cc3)CCCCCCCC2)cc1. The first-order valence-electron chi connectivity index (χ1n) is 11.0. The fraction of sp³-hybridized carbons (Fsp3) is 0.520. The largest absolute Gasteiger partial charge is 0.491 e. The Labute approximate surface area is 174 Å². The van der Waals surface area contributed by atoms with Crippen LogP contribution in [0.4, 0.5) is 0 Å². The fourth-order valence-corrected chi connectivity index (χ4v) is 4.50. The minimum atomic E-state index is -0.00461. The molecule has 0 spiro atoms. The van der Waals surface area contributed by atoms with Gasteiger partial charge in [0.2, 0.25) is 0 Å². The van der Waals surface area contributed by atoms with Crippen molar-refractivity contribution in [3.8, 4) is 11.5 Å². The van der Waals surface area contributed by atoms with Crippen molar-refractivity contribution in [3.63, 3.8) is 0 Å². The fourth-order valence-electron chi connectivity index (χ4n) is 4.50. The number of rotatable bonds is 8. The average molecular weight is 399 g/mol. The van der Waals surface area contributed by atoms with E-state index in [1.54, 1.807) is 0 Å². The van der Waals surface area contributed by atoms with Crippen LogP contribution in [0.15, 0.2) is 48.5 Å². The van der Waals surface area contributed by atoms with Crippen LogP contribution in [-0.4, -0.2) is 36.6 Å². The number of aliphatic hydroxyl groups is 2. The molecule has 4 heteroatoms. The molecule has 0 aromatic heterocycles. The standard InChI is InChI=1S/C25H34O4/c26-17-19-28-23-11-7-21(8-12-23)25(15-5-3-1-2-4-6-16-25)22-9-13-24(14-10-22)29-20-18-27/h7-14,26-27H,1-6,15-20H2. The molecule has 29 heavy (non-hydrogen) atoms. The molecule has 158 valence electrons. The van der Waals surface area contributed by atoms with E-state index in [0.29, 0.717) is 13.2 Å². The van der Waals surface area contributed by atoms with Crippen LogP contribution in [0.2, 0.25) is 0 Å². The monoisotopic (exact) mass is 398 g/mol. The third-order valence-electron chi connectivity index (χ3n) is 5.99. The normalized spacial score (nSPS) is 17.0. The molecule has 2 aromatic rings. The van der Waals surface area contributed by atoms with Gasteiger partial charge < -0.3 is 19.7 Å². The smallest absolute Gasteiger partial charge is 0.119 e. The molecule has 1 saturated carbocycles. The van der Waals surface area contributed by atoms with E-state index in [4.69, 9.17) is 19.7 Å². The zero-order valence-corrected chi connectivity index (χ0v) is 17.3. The third-order valence-corrected chi connectivity index (χ3v) is 5.99. The van der Waals surface area contributed by atoms with Gasteiger partial charge in [-0.05, 0) is 48.2 Å². The summed E-state index contributed by atoms with van der Waals surface area (Å²) in [5.41, 5.74) is 2.66. The molecule has 0 unspecified atom stereocenters. The topological polar surface area (TPSA) is 58.9 Å². The quantitative estimate of drug-likeness (QED) is 0.667. The summed E-state index contributed by atoms with van der Waals surface area (Å²) in [5, 5.41) is 18.0. The first-order valence-corrected chi connectivity index (χ1v) is 11.0. The predicted octanol–water partition coefficient (Wildman–Crippen LogP) is 4.85. The van der Waals surface area contributed by atoms with Gasteiger partial charge in [-0.25, -0.2) is 0 Å². The van der Waals surface area contributed by atoms with Crippen LogP contribution in [-0.2, 0) is 5.41 Å². The molecule has 2 aromatic carbocycles. The Morgan fingerprint density at radius 3 is 1.34 bits per heavy atom. The summed E-state index contributed by atoms with van der Waals surface area (Å²) >= 11 is 0. The van der Waals surface area contributed by atoms with E-state index in [1.165, 1.54) is 49.7 Å². The average Bonchev–Trinajstić information content (AvgIpc) is 2.90. The lowest BCUT2D eigenvalue weighted by atomic mass is 9.68. The van der Waals surface area contributed by atoms with Crippen LogP contribution in [0.1, 0.15) is 62.5 Å². The highest BCUT2D eigenvalue weighted by molar-refractivity contribution is 5.43. The van der Waals surface area contributed by atoms with Crippen LogP contribution < -0.4 is 9.47 Å². The van der Waals surface area contributed by atoms with Gasteiger partial charge in [-0.2, -0.15) is 0 Å². The van der Waals surface area contributed by atoms with Crippen LogP contribution in [0.5, 0.6) is 11.5 Å². The van der Waals surface area contributed by atoms with Crippen molar-refractivity contribution in [2.45, 2.75) is 56.8 Å². The lowest BCUT2D eigenvalue weighted by molar-refractivity contribution is 0.201. The van der Waals surface area contributed by atoms with E-state index in [0.717, 1.165) is 24.3 Å². The maximum absolute atomic E-state index is 8.99. The molecule has 0 saturated heterocycles. The molecule has 3 rings (SSSR count). The number of benzene rings is 2. The number of aliphatic hydroxyl groups excluding tert-OH is 2. The molecular weight excluding hydrogens is 364 g/mol. The summed E-state index contributed by atoms with van der Waals surface area (Å²) in [7, 11) is 0. The summed E-state index contributed by atoms with van der Waals surface area (Å²) in [6.07, 6.45) is 9.97. The van der Waals surface area contributed by atoms with Gasteiger partial charge in [-0.3, -0.25) is 0 Å². The molecule has 4 nitrogen and oxygen atoms in total. The van der Waals surface area contributed by atoms with E-state index < -0.39 is 0 Å². The Kier molecular flexibility index (Phi) is 8.38. The zero-order chi connectivity index (χ0) is 20.4. The van der Waals surface area contributed by atoms with Gasteiger partial charge in [0.25, 0.3) is 0 Å². The zero-order valence-electron chi connectivity index (χ0n) is 17.3. The minimum Gasteiger partial charge on any atom is -0.491 e. The van der Waals surface area contributed by atoms with Gasteiger partial charge in [0.15, 0.2) is 0 Å². The van der Waals surface area contributed by atoms with E-state index in [-0.39, 0.29) is 18.6 Å². The first kappa shape index (κ1) is 21.7. The second kappa shape index (κ2) is 11.2. The summed E-state index contributed by atoms with van der Waals surface area (Å²) in [4.78, 5) is 0. The van der Waals surface area contributed by atoms with Gasteiger partial charge in [0.05, 0.1) is 13.2 Å². The molecule has 1 aliphatic rings. The van der Waals surface area contributed by atoms with Crippen molar-refractivity contribution in [3.05, 3.63) is 59.7 Å². The van der Waals surface area contributed by atoms with E-state index in [2.05, 4.69) is 24.3 Å². The van der Waals surface area contributed by atoms with Gasteiger partial charge in [-0.15, -0.1) is 0 Å². The van der Waals surface area contributed by atoms with Crippen LogP contribution in [0.3, 0.4) is 0 Å². The lowest BCUT2D eigenvalue weighted by Crippen LogP contribution is -2.28. The summed E-state index contributed by atoms with van der Waals surface area (Å²) in [6, 6.07) is 16.9. The number of hydrogen-bond donors (Lipinski definition) is 2. The highest BCUT2D eigenvalue weighted by Crippen LogP contribution is 2.43. The third kappa shape index (κ3) is 5.74. The molecular formula is C25H34O4. The molecule has 0 amide bonds. The van der Waals surface area contributed by atoms with Crippen molar-refractivity contribution >= 4 is 0 Å². The highest BCUT2D eigenvalue weighted by atomic mass is 16.5. The first-order chi connectivity index (χ1) is 14.3. The van der Waals surface area contributed by atoms with E-state index in [9.17, 15) is 0 Å². The molecule has 0 bridgehead atoms. The molecule has 0 aliphatic heterocycles. The highest BCUT2D eigenvalue weighted by Gasteiger charge is 2.33. The summed E-state index contributed by atoms with van der Waals surface area (Å²) < 4.78 is 11.1. The Hall–Kier alpha value is -2.04. The molecule has 2 N–H and O–H groups in total. The minimum absolute atomic E-state index is 0.00461. The van der Waals surface area contributed by atoms with Crippen LogP contribution in [0.25, 0.3) is 0 Å². The van der Waals surface area contributed by atoms with Crippen molar-refractivity contribution in [2.75, 3.05) is 26.4 Å².